The second kappa shape index (κ2) is 5.47. The Balaban J connectivity index is 2.06. The molecule has 0 radical (unpaired) electrons. The Labute approximate surface area is 124 Å². The Kier molecular flexibility index (Phi) is 3.68. The number of hydrogen-bond donors (Lipinski definition) is 1. The fourth-order valence-corrected chi connectivity index (χ4v) is 3.16. The van der Waals surface area contributed by atoms with E-state index in [9.17, 15) is 0 Å². The average molecular weight is 288 g/mol. The summed E-state index contributed by atoms with van der Waals surface area (Å²) in [5.41, 5.74) is 5.05. The molecule has 1 N–H and O–H groups in total. The summed E-state index contributed by atoms with van der Waals surface area (Å²) in [5.74, 6) is 0.859. The summed E-state index contributed by atoms with van der Waals surface area (Å²) in [7, 11) is 3.71. The fraction of sp³-hybridized carbons (Fsp3) is 0.294. The summed E-state index contributed by atoms with van der Waals surface area (Å²) < 4.78 is 5.45. The number of nitrogens with one attached hydrogen (secondary N) is 1. The SMILES string of the molecule is CNC1CCc2cc(-c3cc(Cl)ccc3OC)ccc21. The topological polar surface area (TPSA) is 21.3 Å². The van der Waals surface area contributed by atoms with Crippen LogP contribution in [0.25, 0.3) is 11.1 Å². The third-order valence-electron chi connectivity index (χ3n) is 4.04. The van der Waals surface area contributed by atoms with Crippen LogP contribution in [0.2, 0.25) is 5.02 Å². The van der Waals surface area contributed by atoms with Crippen molar-refractivity contribution in [3.8, 4) is 16.9 Å². The van der Waals surface area contributed by atoms with Gasteiger partial charge in [-0.25, -0.2) is 0 Å². The Morgan fingerprint density at radius 3 is 2.80 bits per heavy atom. The van der Waals surface area contributed by atoms with Crippen LogP contribution in [0.5, 0.6) is 5.75 Å². The van der Waals surface area contributed by atoms with E-state index < -0.39 is 0 Å². The molecule has 20 heavy (non-hydrogen) atoms. The Morgan fingerprint density at radius 2 is 2.05 bits per heavy atom. The lowest BCUT2D eigenvalue weighted by atomic mass is 9.99. The molecule has 1 aliphatic carbocycles. The number of ether oxygens (including phenoxy) is 1. The summed E-state index contributed by atoms with van der Waals surface area (Å²) in [6.45, 7) is 0. The van der Waals surface area contributed by atoms with Gasteiger partial charge in [-0.05, 0) is 54.8 Å². The molecule has 0 saturated heterocycles. The van der Waals surface area contributed by atoms with Gasteiger partial charge in [-0.2, -0.15) is 0 Å². The third kappa shape index (κ3) is 2.30. The molecule has 104 valence electrons. The van der Waals surface area contributed by atoms with E-state index in [1.54, 1.807) is 7.11 Å². The normalized spacial score (nSPS) is 17.1. The lowest BCUT2D eigenvalue weighted by Gasteiger charge is -2.13. The van der Waals surface area contributed by atoms with Crippen LogP contribution in [-0.4, -0.2) is 14.2 Å². The van der Waals surface area contributed by atoms with E-state index in [1.165, 1.54) is 23.1 Å². The number of methoxy groups -OCH3 is 1. The molecule has 2 aromatic rings. The van der Waals surface area contributed by atoms with Gasteiger partial charge in [-0.15, -0.1) is 0 Å². The second-order valence-electron chi connectivity index (χ2n) is 5.14. The maximum absolute atomic E-state index is 6.12. The molecule has 0 aliphatic heterocycles. The molecule has 0 spiro atoms. The van der Waals surface area contributed by atoms with Gasteiger partial charge in [0.1, 0.15) is 5.75 Å². The van der Waals surface area contributed by atoms with E-state index in [-0.39, 0.29) is 0 Å². The van der Waals surface area contributed by atoms with Crippen molar-refractivity contribution in [1.29, 1.82) is 0 Å². The smallest absolute Gasteiger partial charge is 0.126 e. The highest BCUT2D eigenvalue weighted by atomic mass is 35.5. The summed E-state index contributed by atoms with van der Waals surface area (Å²) in [4.78, 5) is 0. The van der Waals surface area contributed by atoms with Gasteiger partial charge in [0.2, 0.25) is 0 Å². The van der Waals surface area contributed by atoms with Crippen molar-refractivity contribution in [1.82, 2.24) is 5.32 Å². The molecule has 0 fully saturated rings. The standard InChI is InChI=1S/C17H18ClNO/c1-19-16-7-4-11-9-12(3-6-14(11)16)15-10-13(18)5-8-17(15)20-2/h3,5-6,8-10,16,19H,4,7H2,1-2H3. The molecular formula is C17H18ClNO. The van der Waals surface area contributed by atoms with E-state index in [2.05, 4.69) is 23.5 Å². The molecule has 1 unspecified atom stereocenters. The highest BCUT2D eigenvalue weighted by Crippen LogP contribution is 2.37. The summed E-state index contributed by atoms with van der Waals surface area (Å²) >= 11 is 6.12. The van der Waals surface area contributed by atoms with Gasteiger partial charge in [-0.1, -0.05) is 29.8 Å². The van der Waals surface area contributed by atoms with Gasteiger partial charge in [-0.3, -0.25) is 0 Å². The average Bonchev–Trinajstić information content (AvgIpc) is 2.89. The van der Waals surface area contributed by atoms with Crippen LogP contribution >= 0.6 is 11.6 Å². The minimum Gasteiger partial charge on any atom is -0.496 e. The zero-order chi connectivity index (χ0) is 14.1. The fourth-order valence-electron chi connectivity index (χ4n) is 2.99. The Morgan fingerprint density at radius 1 is 1.20 bits per heavy atom. The van der Waals surface area contributed by atoms with Crippen molar-refractivity contribution in [2.45, 2.75) is 18.9 Å². The molecule has 2 nitrogen and oxygen atoms in total. The zero-order valence-electron chi connectivity index (χ0n) is 11.7. The van der Waals surface area contributed by atoms with Crippen molar-refractivity contribution < 1.29 is 4.74 Å². The van der Waals surface area contributed by atoms with Gasteiger partial charge < -0.3 is 10.1 Å². The number of rotatable bonds is 3. The number of hydrogen-bond acceptors (Lipinski definition) is 2. The second-order valence-corrected chi connectivity index (χ2v) is 5.57. The molecule has 2 aromatic carbocycles. The summed E-state index contributed by atoms with van der Waals surface area (Å²) in [6, 6.07) is 12.9. The van der Waals surface area contributed by atoms with Gasteiger partial charge in [0, 0.05) is 16.6 Å². The van der Waals surface area contributed by atoms with Crippen LogP contribution in [0, 0.1) is 0 Å². The highest BCUT2D eigenvalue weighted by molar-refractivity contribution is 6.31. The third-order valence-corrected chi connectivity index (χ3v) is 4.28. The molecule has 0 heterocycles. The van der Waals surface area contributed by atoms with E-state index >= 15 is 0 Å². The summed E-state index contributed by atoms with van der Waals surface area (Å²) in [5, 5.41) is 4.10. The van der Waals surface area contributed by atoms with Crippen molar-refractivity contribution in [3.05, 3.63) is 52.5 Å². The van der Waals surface area contributed by atoms with Gasteiger partial charge >= 0.3 is 0 Å². The minimum atomic E-state index is 0.486. The van der Waals surface area contributed by atoms with Crippen molar-refractivity contribution in [3.63, 3.8) is 0 Å². The minimum absolute atomic E-state index is 0.486. The molecule has 0 bridgehead atoms. The van der Waals surface area contributed by atoms with Gasteiger partial charge in [0.05, 0.1) is 7.11 Å². The molecule has 0 amide bonds. The Hall–Kier alpha value is -1.51. The molecule has 3 rings (SSSR count). The van der Waals surface area contributed by atoms with Crippen LogP contribution in [0.3, 0.4) is 0 Å². The number of aryl methyl sites for hydroxylation is 1. The molecule has 0 saturated carbocycles. The largest absolute Gasteiger partial charge is 0.496 e. The van der Waals surface area contributed by atoms with Gasteiger partial charge in [0.25, 0.3) is 0 Å². The summed E-state index contributed by atoms with van der Waals surface area (Å²) in [6.07, 6.45) is 2.29. The first-order valence-electron chi connectivity index (χ1n) is 6.87. The van der Waals surface area contributed by atoms with Crippen LogP contribution < -0.4 is 10.1 Å². The van der Waals surface area contributed by atoms with Crippen molar-refractivity contribution in [2.24, 2.45) is 0 Å². The highest BCUT2D eigenvalue weighted by Gasteiger charge is 2.21. The number of benzene rings is 2. The molecule has 1 atom stereocenters. The predicted octanol–water partition coefficient (Wildman–Crippen LogP) is 4.22. The van der Waals surface area contributed by atoms with Crippen LogP contribution in [0.4, 0.5) is 0 Å². The predicted molar refractivity (Wildman–Crippen MR) is 83.6 cm³/mol. The zero-order valence-corrected chi connectivity index (χ0v) is 12.5. The molecule has 0 aromatic heterocycles. The van der Waals surface area contributed by atoms with E-state index in [0.29, 0.717) is 6.04 Å². The van der Waals surface area contributed by atoms with Crippen molar-refractivity contribution >= 4 is 11.6 Å². The lowest BCUT2D eigenvalue weighted by Crippen LogP contribution is -2.12. The number of halogens is 1. The first-order chi connectivity index (χ1) is 9.72. The van der Waals surface area contributed by atoms with E-state index in [1.807, 2.05) is 25.2 Å². The van der Waals surface area contributed by atoms with E-state index in [4.69, 9.17) is 16.3 Å². The maximum Gasteiger partial charge on any atom is 0.126 e. The maximum atomic E-state index is 6.12. The lowest BCUT2D eigenvalue weighted by molar-refractivity contribution is 0.416. The Bertz CT molecular complexity index is 639. The number of fused-ring (bicyclic) bond motifs is 1. The first kappa shape index (κ1) is 13.5. The van der Waals surface area contributed by atoms with Gasteiger partial charge in [0.15, 0.2) is 0 Å². The monoisotopic (exact) mass is 287 g/mol. The molecule has 3 heteroatoms. The molecule has 1 aliphatic rings. The van der Waals surface area contributed by atoms with Crippen LogP contribution in [0.15, 0.2) is 36.4 Å². The quantitative estimate of drug-likeness (QED) is 0.912. The van der Waals surface area contributed by atoms with Crippen LogP contribution in [0.1, 0.15) is 23.6 Å². The van der Waals surface area contributed by atoms with E-state index in [0.717, 1.165) is 22.8 Å². The first-order valence-corrected chi connectivity index (χ1v) is 7.24. The van der Waals surface area contributed by atoms with Crippen LogP contribution in [-0.2, 0) is 6.42 Å². The molecular weight excluding hydrogens is 270 g/mol. The van der Waals surface area contributed by atoms with Crippen molar-refractivity contribution in [2.75, 3.05) is 14.2 Å².